The van der Waals surface area contributed by atoms with E-state index in [2.05, 4.69) is 65.0 Å². The molecule has 3 rings (SSSR count). The molecule has 0 radical (unpaired) electrons. The Bertz CT molecular complexity index is 679. The van der Waals surface area contributed by atoms with Crippen LogP contribution in [0, 0.1) is 27.7 Å². The molecule has 2 unspecified atom stereocenters. The lowest BCUT2D eigenvalue weighted by atomic mass is 9.71. The zero-order valence-corrected chi connectivity index (χ0v) is 14.0. The number of hydrogen-bond donors (Lipinski definition) is 0. The van der Waals surface area contributed by atoms with E-state index in [0.717, 1.165) is 0 Å². The normalized spacial score (nSPS) is 21.2. The topological polar surface area (TPSA) is 0 Å². The van der Waals surface area contributed by atoms with Crippen LogP contribution in [0.1, 0.15) is 64.1 Å². The molecule has 0 heterocycles. The van der Waals surface area contributed by atoms with Gasteiger partial charge in [-0.05, 0) is 91.3 Å². The molecule has 2 atom stereocenters. The maximum absolute atomic E-state index is 2.45. The van der Waals surface area contributed by atoms with Gasteiger partial charge in [0.05, 0.1) is 0 Å². The van der Waals surface area contributed by atoms with E-state index >= 15 is 0 Å². The highest BCUT2D eigenvalue weighted by Gasteiger charge is 2.28. The summed E-state index contributed by atoms with van der Waals surface area (Å²) >= 11 is 0. The van der Waals surface area contributed by atoms with E-state index in [4.69, 9.17) is 0 Å². The molecule has 2 aromatic rings. The Balaban J connectivity index is 2.07. The van der Waals surface area contributed by atoms with E-state index in [1.54, 1.807) is 16.7 Å². The van der Waals surface area contributed by atoms with E-state index in [-0.39, 0.29) is 0 Å². The molecule has 0 saturated heterocycles. The molecule has 2 aromatic carbocycles. The maximum Gasteiger partial charge on any atom is -0.00897 e. The summed E-state index contributed by atoms with van der Waals surface area (Å²) in [6.07, 6.45) is 2.50. The summed E-state index contributed by atoms with van der Waals surface area (Å²) in [4.78, 5) is 0. The Morgan fingerprint density at radius 1 is 0.857 bits per heavy atom. The third kappa shape index (κ3) is 2.31. The Morgan fingerprint density at radius 2 is 1.57 bits per heavy atom. The minimum Gasteiger partial charge on any atom is -0.0620 e. The first-order chi connectivity index (χ1) is 10.0. The van der Waals surface area contributed by atoms with Crippen molar-refractivity contribution in [3.05, 3.63) is 69.3 Å². The van der Waals surface area contributed by atoms with Gasteiger partial charge in [-0.1, -0.05) is 37.3 Å². The summed E-state index contributed by atoms with van der Waals surface area (Å²) in [5.74, 6) is 1.29. The highest BCUT2D eigenvalue weighted by Crippen LogP contribution is 2.44. The molecule has 0 spiro atoms. The van der Waals surface area contributed by atoms with E-state index in [1.807, 2.05) is 0 Å². The molecule has 1 aliphatic carbocycles. The van der Waals surface area contributed by atoms with Crippen LogP contribution in [-0.2, 0) is 6.42 Å². The Morgan fingerprint density at radius 3 is 2.33 bits per heavy atom. The third-order valence-electron chi connectivity index (χ3n) is 5.79. The van der Waals surface area contributed by atoms with Gasteiger partial charge in [-0.15, -0.1) is 0 Å². The van der Waals surface area contributed by atoms with Crippen molar-refractivity contribution in [1.29, 1.82) is 0 Å². The molecule has 0 N–H and O–H groups in total. The lowest BCUT2D eigenvalue weighted by Gasteiger charge is -2.33. The predicted octanol–water partition coefficient (Wildman–Crippen LogP) is 5.75. The second kappa shape index (κ2) is 5.33. The van der Waals surface area contributed by atoms with Crippen LogP contribution in [0.4, 0.5) is 0 Å². The van der Waals surface area contributed by atoms with Gasteiger partial charge >= 0.3 is 0 Å². The quantitative estimate of drug-likeness (QED) is 0.622. The van der Waals surface area contributed by atoms with Gasteiger partial charge in [0, 0.05) is 0 Å². The molecule has 21 heavy (non-hydrogen) atoms. The van der Waals surface area contributed by atoms with Crippen molar-refractivity contribution in [2.75, 3.05) is 0 Å². The molecule has 0 amide bonds. The first-order valence-corrected chi connectivity index (χ1v) is 8.15. The first kappa shape index (κ1) is 14.4. The van der Waals surface area contributed by atoms with Gasteiger partial charge in [0.25, 0.3) is 0 Å². The molecule has 0 saturated carbocycles. The van der Waals surface area contributed by atoms with E-state index in [1.165, 1.54) is 35.1 Å². The molecule has 0 fully saturated rings. The van der Waals surface area contributed by atoms with Gasteiger partial charge in [-0.2, -0.15) is 0 Å². The van der Waals surface area contributed by atoms with Crippen LogP contribution < -0.4 is 0 Å². The SMILES string of the molecule is Cc1cc(C2CCc3ccccc3C2C)c(C)c(C)c1C. The maximum atomic E-state index is 2.45. The third-order valence-corrected chi connectivity index (χ3v) is 5.79. The van der Waals surface area contributed by atoms with Gasteiger partial charge in [-0.3, -0.25) is 0 Å². The Kier molecular flexibility index (Phi) is 3.65. The fraction of sp³-hybridized carbons (Fsp3) is 0.429. The van der Waals surface area contributed by atoms with Crippen LogP contribution in [0.25, 0.3) is 0 Å². The van der Waals surface area contributed by atoms with Crippen LogP contribution in [0.3, 0.4) is 0 Å². The number of hydrogen-bond acceptors (Lipinski definition) is 0. The van der Waals surface area contributed by atoms with Gasteiger partial charge in [0.2, 0.25) is 0 Å². The summed E-state index contributed by atoms with van der Waals surface area (Å²) in [6, 6.07) is 11.5. The molecule has 0 aromatic heterocycles. The predicted molar refractivity (Wildman–Crippen MR) is 91.3 cm³/mol. The molecule has 110 valence electrons. The van der Waals surface area contributed by atoms with E-state index < -0.39 is 0 Å². The minimum absolute atomic E-state index is 0.621. The zero-order chi connectivity index (χ0) is 15.1. The van der Waals surface area contributed by atoms with Gasteiger partial charge in [0.15, 0.2) is 0 Å². The molecular formula is C21H26. The van der Waals surface area contributed by atoms with Gasteiger partial charge < -0.3 is 0 Å². The van der Waals surface area contributed by atoms with E-state index in [9.17, 15) is 0 Å². The van der Waals surface area contributed by atoms with Gasteiger partial charge in [0.1, 0.15) is 0 Å². The summed E-state index contributed by atoms with van der Waals surface area (Å²) in [6.45, 7) is 11.5. The minimum atomic E-state index is 0.621. The molecule has 0 bridgehead atoms. The summed E-state index contributed by atoms with van der Waals surface area (Å²) < 4.78 is 0. The van der Waals surface area contributed by atoms with Crippen molar-refractivity contribution in [3.8, 4) is 0 Å². The Labute approximate surface area is 129 Å². The molecular weight excluding hydrogens is 252 g/mol. The zero-order valence-electron chi connectivity index (χ0n) is 14.0. The van der Waals surface area contributed by atoms with Crippen LogP contribution >= 0.6 is 0 Å². The van der Waals surface area contributed by atoms with Crippen molar-refractivity contribution < 1.29 is 0 Å². The second-order valence-electron chi connectivity index (χ2n) is 6.79. The summed E-state index contributed by atoms with van der Waals surface area (Å²) in [5.41, 5.74) is 10.6. The molecule has 0 nitrogen and oxygen atoms in total. The monoisotopic (exact) mass is 278 g/mol. The van der Waals surface area contributed by atoms with Gasteiger partial charge in [-0.25, -0.2) is 0 Å². The number of rotatable bonds is 1. The molecule has 0 heteroatoms. The van der Waals surface area contributed by atoms with Crippen LogP contribution in [0.15, 0.2) is 30.3 Å². The fourth-order valence-electron chi connectivity index (χ4n) is 4.04. The van der Waals surface area contributed by atoms with Crippen molar-refractivity contribution in [3.63, 3.8) is 0 Å². The fourth-order valence-corrected chi connectivity index (χ4v) is 4.04. The summed E-state index contributed by atoms with van der Waals surface area (Å²) in [5, 5.41) is 0. The van der Waals surface area contributed by atoms with Crippen LogP contribution in [0.5, 0.6) is 0 Å². The van der Waals surface area contributed by atoms with Crippen molar-refractivity contribution in [2.45, 2.75) is 59.3 Å². The number of fused-ring (bicyclic) bond motifs is 1. The average Bonchev–Trinajstić information content (AvgIpc) is 2.50. The smallest absolute Gasteiger partial charge is 0.00897 e. The standard InChI is InChI=1S/C21H26/c1-13-12-21(16(4)15(3)14(13)2)20-11-10-18-8-6-7-9-19(18)17(20)5/h6-9,12,17,20H,10-11H2,1-5H3. The summed E-state index contributed by atoms with van der Waals surface area (Å²) in [7, 11) is 0. The number of aryl methyl sites for hydroxylation is 2. The Hall–Kier alpha value is -1.56. The number of benzene rings is 2. The van der Waals surface area contributed by atoms with Crippen molar-refractivity contribution >= 4 is 0 Å². The molecule has 0 aliphatic heterocycles. The molecule has 1 aliphatic rings. The van der Waals surface area contributed by atoms with Crippen LogP contribution in [-0.4, -0.2) is 0 Å². The van der Waals surface area contributed by atoms with Crippen LogP contribution in [0.2, 0.25) is 0 Å². The van der Waals surface area contributed by atoms with Crippen molar-refractivity contribution in [1.82, 2.24) is 0 Å². The second-order valence-corrected chi connectivity index (χ2v) is 6.79. The highest BCUT2D eigenvalue weighted by atomic mass is 14.3. The lowest BCUT2D eigenvalue weighted by molar-refractivity contribution is 0.499. The average molecular weight is 278 g/mol. The highest BCUT2D eigenvalue weighted by molar-refractivity contribution is 5.47. The van der Waals surface area contributed by atoms with E-state index in [0.29, 0.717) is 11.8 Å². The van der Waals surface area contributed by atoms with Crippen molar-refractivity contribution in [2.24, 2.45) is 0 Å². The lowest BCUT2D eigenvalue weighted by Crippen LogP contribution is -2.18. The largest absolute Gasteiger partial charge is 0.0620 e. The first-order valence-electron chi connectivity index (χ1n) is 8.15.